The molecule has 2 heterocycles. The zero-order valence-electron chi connectivity index (χ0n) is 14.5. The minimum absolute atomic E-state index is 0.215. The average Bonchev–Trinajstić information content (AvgIpc) is 2.61. The predicted molar refractivity (Wildman–Crippen MR) is 99.2 cm³/mol. The van der Waals surface area contributed by atoms with Crippen molar-refractivity contribution >= 4 is 26.6 Å². The SMILES string of the molecule is CC(C)S(=O)(=O)N1CCCC(CNc2n[nH]c(=O)c3ccccc23)C1. The Kier molecular flexibility index (Phi) is 5.10. The summed E-state index contributed by atoms with van der Waals surface area (Å²) in [5, 5.41) is 10.9. The van der Waals surface area contributed by atoms with Crippen molar-refractivity contribution in [2.45, 2.75) is 31.9 Å². The summed E-state index contributed by atoms with van der Waals surface area (Å²) in [6.07, 6.45) is 1.83. The van der Waals surface area contributed by atoms with Gasteiger partial charge in [-0.25, -0.2) is 17.8 Å². The van der Waals surface area contributed by atoms with Crippen LogP contribution in [-0.4, -0.2) is 47.8 Å². The molecule has 0 aliphatic carbocycles. The molecule has 0 spiro atoms. The minimum Gasteiger partial charge on any atom is -0.368 e. The van der Waals surface area contributed by atoms with E-state index in [1.54, 1.807) is 24.2 Å². The Hall–Kier alpha value is -1.93. The molecule has 1 atom stereocenters. The van der Waals surface area contributed by atoms with Crippen LogP contribution in [0.3, 0.4) is 0 Å². The fourth-order valence-corrected chi connectivity index (χ4v) is 4.61. The van der Waals surface area contributed by atoms with Crippen LogP contribution in [0, 0.1) is 5.92 Å². The van der Waals surface area contributed by atoms with Gasteiger partial charge in [0.1, 0.15) is 0 Å². The number of nitrogens with one attached hydrogen (secondary N) is 2. The van der Waals surface area contributed by atoms with E-state index in [-0.39, 0.29) is 11.5 Å². The van der Waals surface area contributed by atoms with Gasteiger partial charge < -0.3 is 5.32 Å². The number of H-pyrrole nitrogens is 1. The molecule has 1 aromatic carbocycles. The highest BCUT2D eigenvalue weighted by molar-refractivity contribution is 7.89. The van der Waals surface area contributed by atoms with Crippen LogP contribution >= 0.6 is 0 Å². The van der Waals surface area contributed by atoms with Crippen molar-refractivity contribution in [3.05, 3.63) is 34.6 Å². The molecule has 136 valence electrons. The first-order valence-corrected chi connectivity index (χ1v) is 10.1. The number of fused-ring (bicyclic) bond motifs is 1. The monoisotopic (exact) mass is 364 g/mol. The van der Waals surface area contributed by atoms with Gasteiger partial charge >= 0.3 is 0 Å². The Labute approximate surface area is 147 Å². The fraction of sp³-hybridized carbons (Fsp3) is 0.529. The van der Waals surface area contributed by atoms with Gasteiger partial charge in [0.05, 0.1) is 10.6 Å². The van der Waals surface area contributed by atoms with Crippen LogP contribution in [0.2, 0.25) is 0 Å². The van der Waals surface area contributed by atoms with Crippen molar-refractivity contribution in [2.24, 2.45) is 5.92 Å². The molecule has 0 saturated carbocycles. The molecule has 0 amide bonds. The molecular formula is C17H24N4O3S. The lowest BCUT2D eigenvalue weighted by Gasteiger charge is -2.33. The third-order valence-corrected chi connectivity index (χ3v) is 6.93. The van der Waals surface area contributed by atoms with Gasteiger partial charge in [0.2, 0.25) is 10.0 Å². The maximum absolute atomic E-state index is 12.4. The van der Waals surface area contributed by atoms with Gasteiger partial charge in [0.25, 0.3) is 5.56 Å². The molecule has 1 unspecified atom stereocenters. The Bertz CT molecular complexity index is 907. The second-order valence-corrected chi connectivity index (χ2v) is 9.28. The molecule has 3 rings (SSSR count). The molecular weight excluding hydrogens is 340 g/mol. The van der Waals surface area contributed by atoms with Crippen molar-refractivity contribution in [3.63, 3.8) is 0 Å². The molecule has 1 fully saturated rings. The number of aromatic nitrogens is 2. The van der Waals surface area contributed by atoms with Gasteiger partial charge in [-0.2, -0.15) is 5.10 Å². The number of aromatic amines is 1. The van der Waals surface area contributed by atoms with Crippen molar-refractivity contribution in [1.82, 2.24) is 14.5 Å². The second kappa shape index (κ2) is 7.13. The summed E-state index contributed by atoms with van der Waals surface area (Å²) in [6.45, 7) is 5.17. The maximum atomic E-state index is 12.4. The third-order valence-electron chi connectivity index (χ3n) is 4.69. The van der Waals surface area contributed by atoms with Crippen molar-refractivity contribution < 1.29 is 8.42 Å². The first-order chi connectivity index (χ1) is 11.9. The Morgan fingerprint density at radius 1 is 1.32 bits per heavy atom. The maximum Gasteiger partial charge on any atom is 0.272 e. The highest BCUT2D eigenvalue weighted by atomic mass is 32.2. The van der Waals surface area contributed by atoms with Crippen LogP contribution in [0.4, 0.5) is 5.82 Å². The van der Waals surface area contributed by atoms with Crippen molar-refractivity contribution in [2.75, 3.05) is 25.0 Å². The predicted octanol–water partition coefficient (Wildman–Crippen LogP) is 1.79. The fourth-order valence-electron chi connectivity index (χ4n) is 3.21. The normalized spacial score (nSPS) is 19.4. The summed E-state index contributed by atoms with van der Waals surface area (Å²) in [6, 6.07) is 7.30. The highest BCUT2D eigenvalue weighted by Crippen LogP contribution is 2.23. The number of hydrogen-bond donors (Lipinski definition) is 2. The Morgan fingerprint density at radius 2 is 2.04 bits per heavy atom. The lowest BCUT2D eigenvalue weighted by molar-refractivity contribution is 0.273. The van der Waals surface area contributed by atoms with Gasteiger partial charge in [-0.05, 0) is 38.7 Å². The summed E-state index contributed by atoms with van der Waals surface area (Å²) < 4.78 is 26.3. The summed E-state index contributed by atoms with van der Waals surface area (Å²) >= 11 is 0. The Morgan fingerprint density at radius 3 is 2.76 bits per heavy atom. The van der Waals surface area contributed by atoms with E-state index >= 15 is 0 Å². The van der Waals surface area contributed by atoms with Crippen LogP contribution in [0.1, 0.15) is 26.7 Å². The van der Waals surface area contributed by atoms with Crippen LogP contribution < -0.4 is 10.9 Å². The summed E-state index contributed by atoms with van der Waals surface area (Å²) in [7, 11) is -3.21. The van der Waals surface area contributed by atoms with E-state index < -0.39 is 15.3 Å². The van der Waals surface area contributed by atoms with E-state index in [9.17, 15) is 13.2 Å². The van der Waals surface area contributed by atoms with E-state index in [0.717, 1.165) is 18.2 Å². The first kappa shape index (κ1) is 17.9. The molecule has 1 aliphatic heterocycles. The Balaban J connectivity index is 1.72. The smallest absolute Gasteiger partial charge is 0.272 e. The van der Waals surface area contributed by atoms with E-state index in [0.29, 0.717) is 30.8 Å². The number of piperidine rings is 1. The molecule has 1 aliphatic rings. The molecule has 7 nitrogen and oxygen atoms in total. The van der Waals surface area contributed by atoms with Crippen molar-refractivity contribution in [1.29, 1.82) is 0 Å². The molecule has 2 N–H and O–H groups in total. The second-order valence-electron chi connectivity index (χ2n) is 6.79. The minimum atomic E-state index is -3.21. The molecule has 1 saturated heterocycles. The first-order valence-electron chi connectivity index (χ1n) is 8.60. The van der Waals surface area contributed by atoms with Crippen molar-refractivity contribution in [3.8, 4) is 0 Å². The number of anilines is 1. The summed E-state index contributed by atoms with van der Waals surface area (Å²) in [4.78, 5) is 11.8. The summed E-state index contributed by atoms with van der Waals surface area (Å²) in [5.74, 6) is 0.841. The number of rotatable bonds is 5. The van der Waals surface area contributed by atoms with Crippen LogP contribution in [0.15, 0.2) is 29.1 Å². The molecule has 2 aromatic rings. The zero-order valence-corrected chi connectivity index (χ0v) is 15.3. The van der Waals surface area contributed by atoms with Crippen LogP contribution in [-0.2, 0) is 10.0 Å². The zero-order chi connectivity index (χ0) is 18.0. The highest BCUT2D eigenvalue weighted by Gasteiger charge is 2.30. The van der Waals surface area contributed by atoms with E-state index in [1.807, 2.05) is 18.2 Å². The lowest BCUT2D eigenvalue weighted by atomic mass is 9.99. The van der Waals surface area contributed by atoms with Gasteiger partial charge in [0, 0.05) is 25.0 Å². The number of benzene rings is 1. The largest absolute Gasteiger partial charge is 0.368 e. The van der Waals surface area contributed by atoms with Gasteiger partial charge in [-0.3, -0.25) is 4.79 Å². The third kappa shape index (κ3) is 3.69. The molecule has 8 heteroatoms. The van der Waals surface area contributed by atoms with Gasteiger partial charge in [-0.15, -0.1) is 0 Å². The number of hydrogen-bond acceptors (Lipinski definition) is 5. The van der Waals surface area contributed by atoms with E-state index in [4.69, 9.17) is 0 Å². The van der Waals surface area contributed by atoms with Gasteiger partial charge in [0.15, 0.2) is 5.82 Å². The van der Waals surface area contributed by atoms with Crippen LogP contribution in [0.25, 0.3) is 10.8 Å². The topological polar surface area (TPSA) is 95.2 Å². The van der Waals surface area contributed by atoms with E-state index in [2.05, 4.69) is 15.5 Å². The van der Waals surface area contributed by atoms with E-state index in [1.165, 1.54) is 0 Å². The standard InChI is InChI=1S/C17H24N4O3S/c1-12(2)25(23,24)21-9-5-6-13(11-21)10-18-16-14-7-3-4-8-15(14)17(22)20-19-16/h3-4,7-8,12-13H,5-6,9-11H2,1-2H3,(H,18,19)(H,20,22). The molecule has 1 aromatic heterocycles. The molecule has 0 radical (unpaired) electrons. The lowest BCUT2D eigenvalue weighted by Crippen LogP contribution is -2.44. The summed E-state index contributed by atoms with van der Waals surface area (Å²) in [5.41, 5.74) is -0.215. The quantitative estimate of drug-likeness (QED) is 0.843. The van der Waals surface area contributed by atoms with Crippen LogP contribution in [0.5, 0.6) is 0 Å². The molecule has 25 heavy (non-hydrogen) atoms. The number of sulfonamides is 1. The molecule has 0 bridgehead atoms. The average molecular weight is 364 g/mol. The number of nitrogens with zero attached hydrogens (tertiary/aromatic N) is 2. The van der Waals surface area contributed by atoms with Gasteiger partial charge in [-0.1, -0.05) is 18.2 Å².